The van der Waals surface area contributed by atoms with Gasteiger partial charge in [0.15, 0.2) is 0 Å². The lowest BCUT2D eigenvalue weighted by Crippen LogP contribution is -1.99. The number of aryl methyl sites for hydroxylation is 1. The number of para-hydroxylation sites is 4. The molecule has 216 valence electrons. The molecule has 46 heavy (non-hydrogen) atoms. The van der Waals surface area contributed by atoms with Crippen molar-refractivity contribution in [2.24, 2.45) is 0 Å². The van der Waals surface area contributed by atoms with E-state index in [9.17, 15) is 0 Å². The van der Waals surface area contributed by atoms with E-state index in [-0.39, 0.29) is 0 Å². The molecule has 0 atom stereocenters. The third kappa shape index (κ3) is 3.46. The Labute approximate surface area is 270 Å². The predicted octanol–water partition coefficient (Wildman–Crippen LogP) is 12.2. The molecule has 0 N–H and O–H groups in total. The highest BCUT2D eigenvalue weighted by molar-refractivity contribution is 7.27. The van der Waals surface area contributed by atoms with Gasteiger partial charge in [-0.2, -0.15) is 0 Å². The third-order valence-corrected chi connectivity index (χ3v) is 10.9. The fraction of sp³-hybridized carbons (Fsp3) is 0.0233. The van der Waals surface area contributed by atoms with Crippen molar-refractivity contribution in [3.8, 4) is 22.5 Å². The van der Waals surface area contributed by atoms with Crippen LogP contribution in [-0.4, -0.2) is 9.13 Å². The Hall–Kier alpha value is -5.64. The molecule has 10 aromatic rings. The Bertz CT molecular complexity index is 2760. The molecular weight excluding hydrogens is 577 g/mol. The van der Waals surface area contributed by atoms with Gasteiger partial charge in [-0.25, -0.2) is 0 Å². The van der Waals surface area contributed by atoms with Crippen molar-refractivity contribution in [1.29, 1.82) is 0 Å². The molecule has 7 aromatic carbocycles. The summed E-state index contributed by atoms with van der Waals surface area (Å²) in [7, 11) is 0. The average molecular weight is 605 g/mol. The minimum absolute atomic E-state index is 1.19. The minimum Gasteiger partial charge on any atom is -0.309 e. The molecule has 0 fully saturated rings. The second-order valence-corrected chi connectivity index (χ2v) is 13.2. The zero-order valence-electron chi connectivity index (χ0n) is 25.2. The lowest BCUT2D eigenvalue weighted by Gasteiger charge is -2.17. The van der Waals surface area contributed by atoms with Crippen LogP contribution in [0.2, 0.25) is 0 Å². The molecule has 0 unspecified atom stereocenters. The highest BCUT2D eigenvalue weighted by atomic mass is 32.1. The standard InChI is InChI=1S/C43H28N2S/c1-27-13-11-24-38(45-35-21-8-5-16-29(35)30-17-6-9-22-36(30)45)40(27)34-20-12-19-31-32-25-26-39-41(43(32)46-42(31)34)33-18-7-10-23-37(33)44(39)28-14-3-2-4-15-28/h2-26H,1H3. The van der Waals surface area contributed by atoms with E-state index in [1.807, 2.05) is 11.3 Å². The molecule has 0 spiro atoms. The molecular formula is C43H28N2S. The second-order valence-electron chi connectivity index (χ2n) is 12.1. The number of thiophene rings is 1. The maximum Gasteiger partial charge on any atom is 0.0555 e. The monoisotopic (exact) mass is 604 g/mol. The van der Waals surface area contributed by atoms with E-state index in [0.717, 1.165) is 0 Å². The zero-order valence-corrected chi connectivity index (χ0v) is 26.1. The van der Waals surface area contributed by atoms with Crippen molar-refractivity contribution in [3.63, 3.8) is 0 Å². The van der Waals surface area contributed by atoms with Crippen LogP contribution in [0.4, 0.5) is 0 Å². The van der Waals surface area contributed by atoms with Crippen molar-refractivity contribution in [3.05, 3.63) is 157 Å². The molecule has 0 aliphatic heterocycles. The third-order valence-electron chi connectivity index (χ3n) is 9.66. The van der Waals surface area contributed by atoms with Gasteiger partial charge >= 0.3 is 0 Å². The Morgan fingerprint density at radius 1 is 0.413 bits per heavy atom. The SMILES string of the molecule is Cc1cccc(-n2c3ccccc3c3ccccc32)c1-c1cccc2c1sc1c2ccc2c1c1ccccc1n2-c1ccccc1. The minimum atomic E-state index is 1.19. The van der Waals surface area contributed by atoms with E-state index in [1.54, 1.807) is 0 Å². The highest BCUT2D eigenvalue weighted by Crippen LogP contribution is 2.47. The average Bonchev–Trinajstić information content (AvgIpc) is 3.76. The van der Waals surface area contributed by atoms with Crippen LogP contribution in [0.3, 0.4) is 0 Å². The van der Waals surface area contributed by atoms with E-state index in [1.165, 1.54) is 91.8 Å². The van der Waals surface area contributed by atoms with E-state index in [2.05, 4.69) is 168 Å². The van der Waals surface area contributed by atoms with Gasteiger partial charge in [-0.05, 0) is 55.0 Å². The van der Waals surface area contributed by atoms with Crippen LogP contribution in [0.25, 0.3) is 86.3 Å². The van der Waals surface area contributed by atoms with Gasteiger partial charge in [0.2, 0.25) is 0 Å². The fourth-order valence-electron chi connectivity index (χ4n) is 7.73. The van der Waals surface area contributed by atoms with Gasteiger partial charge < -0.3 is 9.13 Å². The van der Waals surface area contributed by atoms with Gasteiger partial charge in [0.05, 0.1) is 27.8 Å². The maximum atomic E-state index is 2.46. The summed E-state index contributed by atoms with van der Waals surface area (Å²) in [5.74, 6) is 0. The molecule has 3 heteroatoms. The number of hydrogen-bond donors (Lipinski definition) is 0. The van der Waals surface area contributed by atoms with E-state index in [4.69, 9.17) is 0 Å². The highest BCUT2D eigenvalue weighted by Gasteiger charge is 2.21. The molecule has 0 saturated carbocycles. The molecule has 0 bridgehead atoms. The van der Waals surface area contributed by atoms with Gasteiger partial charge in [0.25, 0.3) is 0 Å². The molecule has 0 aliphatic rings. The summed E-state index contributed by atoms with van der Waals surface area (Å²) in [4.78, 5) is 0. The van der Waals surface area contributed by atoms with Crippen molar-refractivity contribution in [2.75, 3.05) is 0 Å². The first-order valence-electron chi connectivity index (χ1n) is 15.8. The van der Waals surface area contributed by atoms with Crippen LogP contribution in [0.15, 0.2) is 152 Å². The summed E-state index contributed by atoms with van der Waals surface area (Å²) in [6, 6.07) is 55.4. The summed E-state index contributed by atoms with van der Waals surface area (Å²) in [6.07, 6.45) is 0. The summed E-state index contributed by atoms with van der Waals surface area (Å²) < 4.78 is 7.55. The smallest absolute Gasteiger partial charge is 0.0555 e. The molecule has 0 amide bonds. The molecule has 0 aliphatic carbocycles. The lowest BCUT2D eigenvalue weighted by atomic mass is 9.96. The Balaban J connectivity index is 1.31. The first-order chi connectivity index (χ1) is 22.8. The number of hydrogen-bond acceptors (Lipinski definition) is 1. The number of aromatic nitrogens is 2. The van der Waals surface area contributed by atoms with Gasteiger partial charge in [0, 0.05) is 58.5 Å². The Morgan fingerprint density at radius 2 is 1.00 bits per heavy atom. The van der Waals surface area contributed by atoms with Crippen molar-refractivity contribution >= 4 is 75.1 Å². The summed E-state index contributed by atoms with van der Waals surface area (Å²) in [5, 5.41) is 7.81. The Morgan fingerprint density at radius 3 is 1.74 bits per heavy atom. The number of fused-ring (bicyclic) bond motifs is 10. The molecule has 0 radical (unpaired) electrons. The number of benzene rings is 7. The lowest BCUT2D eigenvalue weighted by molar-refractivity contribution is 1.17. The van der Waals surface area contributed by atoms with Crippen LogP contribution in [0.1, 0.15) is 5.56 Å². The Kier molecular flexibility index (Phi) is 5.40. The summed E-state index contributed by atoms with van der Waals surface area (Å²) in [5.41, 5.74) is 11.2. The molecule has 3 heterocycles. The number of nitrogens with zero attached hydrogens (tertiary/aromatic N) is 2. The largest absolute Gasteiger partial charge is 0.309 e. The van der Waals surface area contributed by atoms with Crippen LogP contribution >= 0.6 is 11.3 Å². The van der Waals surface area contributed by atoms with Crippen LogP contribution in [0.5, 0.6) is 0 Å². The molecule has 0 saturated heterocycles. The van der Waals surface area contributed by atoms with E-state index in [0.29, 0.717) is 0 Å². The summed E-state index contributed by atoms with van der Waals surface area (Å²) in [6.45, 7) is 2.25. The predicted molar refractivity (Wildman–Crippen MR) is 198 cm³/mol. The molecule has 2 nitrogen and oxygen atoms in total. The van der Waals surface area contributed by atoms with Gasteiger partial charge in [-0.15, -0.1) is 11.3 Å². The van der Waals surface area contributed by atoms with Crippen LogP contribution in [0, 0.1) is 6.92 Å². The van der Waals surface area contributed by atoms with Crippen LogP contribution < -0.4 is 0 Å². The topological polar surface area (TPSA) is 9.86 Å². The maximum absolute atomic E-state index is 2.46. The van der Waals surface area contributed by atoms with E-state index >= 15 is 0 Å². The first kappa shape index (κ1) is 25.7. The fourth-order valence-corrected chi connectivity index (χ4v) is 9.11. The van der Waals surface area contributed by atoms with Gasteiger partial charge in [0.1, 0.15) is 0 Å². The van der Waals surface area contributed by atoms with Crippen molar-refractivity contribution < 1.29 is 0 Å². The van der Waals surface area contributed by atoms with Gasteiger partial charge in [-0.1, -0.05) is 109 Å². The van der Waals surface area contributed by atoms with Crippen LogP contribution in [-0.2, 0) is 0 Å². The quantitative estimate of drug-likeness (QED) is 0.190. The zero-order chi connectivity index (χ0) is 30.4. The normalized spacial score (nSPS) is 12.0. The van der Waals surface area contributed by atoms with Gasteiger partial charge in [-0.3, -0.25) is 0 Å². The second kappa shape index (κ2) is 9.68. The first-order valence-corrected chi connectivity index (χ1v) is 16.6. The molecule has 3 aromatic heterocycles. The van der Waals surface area contributed by atoms with Crippen molar-refractivity contribution in [1.82, 2.24) is 9.13 Å². The summed E-state index contributed by atoms with van der Waals surface area (Å²) >= 11 is 1.94. The van der Waals surface area contributed by atoms with E-state index < -0.39 is 0 Å². The number of rotatable bonds is 3. The van der Waals surface area contributed by atoms with Crippen molar-refractivity contribution in [2.45, 2.75) is 6.92 Å². The molecule has 10 rings (SSSR count).